The molecule has 0 fully saturated rings. The Morgan fingerprint density at radius 2 is 2.00 bits per heavy atom. The molecule has 0 saturated heterocycles. The van der Waals surface area contributed by atoms with E-state index in [0.29, 0.717) is 0 Å². The number of rotatable bonds is 1. The second kappa shape index (κ2) is 3.47. The molecular weight excluding hydrogens is 222 g/mol. The first-order valence-electron chi connectivity index (χ1n) is 5.91. The quantitative estimate of drug-likeness (QED) is 0.536. The van der Waals surface area contributed by atoms with Gasteiger partial charge in [-0.15, -0.1) is 0 Å². The van der Waals surface area contributed by atoms with Crippen LogP contribution in [-0.2, 0) is 0 Å². The average molecular weight is 233 g/mol. The van der Waals surface area contributed by atoms with E-state index >= 15 is 0 Å². The maximum Gasteiger partial charge on any atom is 0.0709 e. The van der Waals surface area contributed by atoms with E-state index in [4.69, 9.17) is 0 Å². The first-order chi connectivity index (χ1) is 8.93. The van der Waals surface area contributed by atoms with Crippen LogP contribution in [0.5, 0.6) is 0 Å². The molecular formula is C15H11N3. The molecule has 0 unspecified atom stereocenters. The van der Waals surface area contributed by atoms with Gasteiger partial charge in [-0.25, -0.2) is 0 Å². The van der Waals surface area contributed by atoms with E-state index in [-0.39, 0.29) is 0 Å². The second-order valence-electron chi connectivity index (χ2n) is 4.34. The molecule has 3 aromatic heterocycles. The molecule has 0 bridgehead atoms. The van der Waals surface area contributed by atoms with Crippen molar-refractivity contribution < 1.29 is 0 Å². The van der Waals surface area contributed by atoms with Crippen molar-refractivity contribution in [1.82, 2.24) is 14.5 Å². The molecule has 3 heteroatoms. The van der Waals surface area contributed by atoms with Crippen LogP contribution in [0.2, 0.25) is 0 Å². The van der Waals surface area contributed by atoms with Crippen molar-refractivity contribution in [3.8, 4) is 5.69 Å². The molecule has 0 aliphatic carbocycles. The molecule has 0 aliphatic rings. The normalized spacial score (nSPS) is 11.3. The lowest BCUT2D eigenvalue weighted by Gasteiger charge is -2.03. The number of nitrogens with one attached hydrogen (secondary N) is 1. The third kappa shape index (κ3) is 1.21. The lowest BCUT2D eigenvalue weighted by atomic mass is 10.2. The number of hydrogen-bond donors (Lipinski definition) is 1. The fraction of sp³-hybridized carbons (Fsp3) is 0. The monoisotopic (exact) mass is 233 g/mol. The van der Waals surface area contributed by atoms with Crippen molar-refractivity contribution >= 4 is 21.8 Å². The van der Waals surface area contributed by atoms with Crippen molar-refractivity contribution in [2.75, 3.05) is 0 Å². The molecule has 0 aliphatic heterocycles. The van der Waals surface area contributed by atoms with Crippen LogP contribution in [0.1, 0.15) is 0 Å². The van der Waals surface area contributed by atoms with Crippen LogP contribution in [0.15, 0.2) is 61.2 Å². The van der Waals surface area contributed by atoms with Crippen LogP contribution in [0.3, 0.4) is 0 Å². The van der Waals surface area contributed by atoms with Gasteiger partial charge in [-0.2, -0.15) is 0 Å². The Kier molecular flexibility index (Phi) is 1.83. The fourth-order valence-electron chi connectivity index (χ4n) is 2.45. The van der Waals surface area contributed by atoms with Gasteiger partial charge >= 0.3 is 0 Å². The van der Waals surface area contributed by atoms with Crippen LogP contribution in [0.25, 0.3) is 27.5 Å². The Bertz CT molecular complexity index is 767. The highest BCUT2D eigenvalue weighted by Crippen LogP contribution is 2.25. The maximum atomic E-state index is 4.15. The van der Waals surface area contributed by atoms with E-state index in [2.05, 4.69) is 45.0 Å². The topological polar surface area (TPSA) is 33.6 Å². The van der Waals surface area contributed by atoms with Gasteiger partial charge in [-0.05, 0) is 18.2 Å². The summed E-state index contributed by atoms with van der Waals surface area (Å²) < 4.78 is 2.19. The van der Waals surface area contributed by atoms with Crippen molar-refractivity contribution in [2.45, 2.75) is 0 Å². The molecule has 0 amide bonds. The molecule has 86 valence electrons. The average Bonchev–Trinajstić information content (AvgIpc) is 3.01. The van der Waals surface area contributed by atoms with Crippen molar-refractivity contribution in [2.24, 2.45) is 0 Å². The SMILES string of the molecule is c1ccc2c(-n3ccc4cnccc43)c[nH]c2c1. The van der Waals surface area contributed by atoms with Crippen LogP contribution in [0, 0.1) is 0 Å². The van der Waals surface area contributed by atoms with Gasteiger partial charge < -0.3 is 9.55 Å². The Morgan fingerprint density at radius 1 is 1.06 bits per heavy atom. The highest BCUT2D eigenvalue weighted by molar-refractivity contribution is 5.91. The highest BCUT2D eigenvalue weighted by Gasteiger charge is 2.07. The number of nitrogens with zero attached hydrogens (tertiary/aromatic N) is 2. The molecule has 1 N–H and O–H groups in total. The van der Waals surface area contributed by atoms with E-state index < -0.39 is 0 Å². The number of benzene rings is 1. The van der Waals surface area contributed by atoms with Gasteiger partial charge in [-0.1, -0.05) is 18.2 Å². The zero-order valence-electron chi connectivity index (χ0n) is 9.67. The summed E-state index contributed by atoms with van der Waals surface area (Å²) in [7, 11) is 0. The lowest BCUT2D eigenvalue weighted by Crippen LogP contribution is -1.89. The molecule has 0 spiro atoms. The van der Waals surface area contributed by atoms with E-state index in [0.717, 1.165) is 10.9 Å². The van der Waals surface area contributed by atoms with Crippen LogP contribution in [-0.4, -0.2) is 14.5 Å². The minimum atomic E-state index is 1.16. The lowest BCUT2D eigenvalue weighted by molar-refractivity contribution is 1.14. The number of hydrogen-bond acceptors (Lipinski definition) is 1. The summed E-state index contributed by atoms with van der Waals surface area (Å²) >= 11 is 0. The molecule has 18 heavy (non-hydrogen) atoms. The zero-order chi connectivity index (χ0) is 11.9. The number of aromatic amines is 1. The maximum absolute atomic E-state index is 4.15. The Labute approximate surface area is 104 Å². The molecule has 4 rings (SSSR count). The predicted molar refractivity (Wildman–Crippen MR) is 72.9 cm³/mol. The van der Waals surface area contributed by atoms with Gasteiger partial charge in [0.15, 0.2) is 0 Å². The van der Waals surface area contributed by atoms with Crippen molar-refractivity contribution in [3.05, 3.63) is 61.2 Å². The number of fused-ring (bicyclic) bond motifs is 2. The summed E-state index contributed by atoms with van der Waals surface area (Å²) in [6, 6.07) is 12.5. The Morgan fingerprint density at radius 3 is 3.00 bits per heavy atom. The number of aromatic nitrogens is 3. The smallest absolute Gasteiger partial charge is 0.0709 e. The summed E-state index contributed by atoms with van der Waals surface area (Å²) in [5.41, 5.74) is 3.50. The van der Waals surface area contributed by atoms with Crippen LogP contribution >= 0.6 is 0 Å². The van der Waals surface area contributed by atoms with E-state index in [1.165, 1.54) is 16.6 Å². The summed E-state index contributed by atoms with van der Waals surface area (Å²) in [6.45, 7) is 0. The first-order valence-corrected chi connectivity index (χ1v) is 5.91. The third-order valence-electron chi connectivity index (χ3n) is 3.32. The van der Waals surface area contributed by atoms with Crippen molar-refractivity contribution in [1.29, 1.82) is 0 Å². The van der Waals surface area contributed by atoms with E-state index in [1.807, 2.05) is 30.7 Å². The van der Waals surface area contributed by atoms with Gasteiger partial charge in [0.05, 0.1) is 11.2 Å². The number of pyridine rings is 1. The predicted octanol–water partition coefficient (Wildman–Crippen LogP) is 3.51. The minimum absolute atomic E-state index is 1.16. The summed E-state index contributed by atoms with van der Waals surface area (Å²) in [6.07, 6.45) is 7.85. The number of H-pyrrole nitrogens is 1. The molecule has 0 saturated carbocycles. The third-order valence-corrected chi connectivity index (χ3v) is 3.32. The van der Waals surface area contributed by atoms with E-state index in [9.17, 15) is 0 Å². The van der Waals surface area contributed by atoms with Crippen LogP contribution < -0.4 is 0 Å². The highest BCUT2D eigenvalue weighted by atomic mass is 15.0. The zero-order valence-corrected chi connectivity index (χ0v) is 9.67. The standard InChI is InChI=1S/C15H11N3/c1-2-4-13-12(3-1)15(10-17-13)18-8-6-11-9-16-7-5-14(11)18/h1-10,17H. The van der Waals surface area contributed by atoms with Crippen molar-refractivity contribution in [3.63, 3.8) is 0 Å². The molecule has 0 atom stereocenters. The molecule has 3 nitrogen and oxygen atoms in total. The summed E-state index contributed by atoms with van der Waals surface area (Å²) in [5, 5.41) is 2.38. The van der Waals surface area contributed by atoms with Crippen LogP contribution in [0.4, 0.5) is 0 Å². The Hall–Kier alpha value is -2.55. The second-order valence-corrected chi connectivity index (χ2v) is 4.34. The largest absolute Gasteiger partial charge is 0.359 e. The fourth-order valence-corrected chi connectivity index (χ4v) is 2.45. The number of para-hydroxylation sites is 1. The molecule has 0 radical (unpaired) electrons. The van der Waals surface area contributed by atoms with Gasteiger partial charge in [0, 0.05) is 41.1 Å². The van der Waals surface area contributed by atoms with Gasteiger partial charge in [-0.3, -0.25) is 4.98 Å². The minimum Gasteiger partial charge on any atom is -0.359 e. The first kappa shape index (κ1) is 9.48. The molecule has 4 aromatic rings. The Balaban J connectivity index is 2.08. The summed E-state index contributed by atoms with van der Waals surface area (Å²) in [5.74, 6) is 0. The van der Waals surface area contributed by atoms with Gasteiger partial charge in [0.2, 0.25) is 0 Å². The molecule has 1 aromatic carbocycles. The van der Waals surface area contributed by atoms with Gasteiger partial charge in [0.1, 0.15) is 0 Å². The molecule has 3 heterocycles. The summed E-state index contributed by atoms with van der Waals surface area (Å²) in [4.78, 5) is 7.45. The van der Waals surface area contributed by atoms with Gasteiger partial charge in [0.25, 0.3) is 0 Å². The van der Waals surface area contributed by atoms with E-state index in [1.54, 1.807) is 0 Å².